The number of hydrogen-bond acceptors (Lipinski definition) is 8. The first kappa shape index (κ1) is 24.3. The molecule has 3 heterocycles. The Morgan fingerprint density at radius 2 is 1.80 bits per heavy atom. The minimum Gasteiger partial charge on any atom is -0.502 e. The SMILES string of the molecule is COC(=O)C[C@H](c1ccc2c(c1)n(C)c(=O)n2C)c1oc(CN2CCN(C=O)CC2)cc(=O)c1O. The molecule has 1 aliphatic rings. The van der Waals surface area contributed by atoms with Crippen LogP contribution in [0.1, 0.15) is 29.4 Å². The fraction of sp³-hybridized carbons (Fsp3) is 0.417. The van der Waals surface area contributed by atoms with E-state index in [0.29, 0.717) is 55.1 Å². The largest absolute Gasteiger partial charge is 0.502 e. The molecule has 1 atom stereocenters. The van der Waals surface area contributed by atoms with Crippen LogP contribution < -0.4 is 11.1 Å². The molecule has 35 heavy (non-hydrogen) atoms. The van der Waals surface area contributed by atoms with Gasteiger partial charge in [-0.05, 0) is 17.7 Å². The molecule has 11 nitrogen and oxygen atoms in total. The van der Waals surface area contributed by atoms with Crippen LogP contribution in [0, 0.1) is 0 Å². The molecular formula is C24H28N4O7. The number of nitrogens with zero attached hydrogens (tertiary/aromatic N) is 4. The highest BCUT2D eigenvalue weighted by molar-refractivity contribution is 5.78. The first-order chi connectivity index (χ1) is 16.7. The fourth-order valence-electron chi connectivity index (χ4n) is 4.47. The number of benzene rings is 1. The fourth-order valence-corrected chi connectivity index (χ4v) is 4.47. The molecule has 0 bridgehead atoms. The molecule has 2 aromatic heterocycles. The van der Waals surface area contributed by atoms with Gasteiger partial charge in [-0.15, -0.1) is 0 Å². The Balaban J connectivity index is 1.75. The number of aryl methyl sites for hydroxylation is 2. The van der Waals surface area contributed by atoms with Crippen molar-refractivity contribution in [3.63, 3.8) is 0 Å². The Kier molecular flexibility index (Phi) is 6.79. The molecule has 0 unspecified atom stereocenters. The van der Waals surface area contributed by atoms with E-state index in [1.807, 2.05) is 4.90 Å². The van der Waals surface area contributed by atoms with Gasteiger partial charge in [-0.2, -0.15) is 0 Å². The summed E-state index contributed by atoms with van der Waals surface area (Å²) in [6.07, 6.45) is 0.633. The molecule has 4 rings (SSSR count). The standard InChI is InChI=1S/C24H28N4O7/c1-25-18-5-4-15(10-19(18)26(2)24(25)33)17(12-21(31)34-3)23-22(32)20(30)11-16(35-23)13-27-6-8-28(14-29)9-7-27/h4-5,10-11,14,17,32H,6-9,12-13H2,1-3H3/t17-/m1/s1. The van der Waals surface area contributed by atoms with Crippen molar-refractivity contribution >= 4 is 23.4 Å². The van der Waals surface area contributed by atoms with Gasteiger partial charge in [0, 0.05) is 46.3 Å². The smallest absolute Gasteiger partial charge is 0.328 e. The molecule has 11 heteroatoms. The van der Waals surface area contributed by atoms with E-state index < -0.39 is 23.1 Å². The van der Waals surface area contributed by atoms with Crippen LogP contribution in [0.2, 0.25) is 0 Å². The number of carbonyl (C=O) groups is 2. The number of ether oxygens (including phenoxy) is 1. The van der Waals surface area contributed by atoms with Gasteiger partial charge in [0.25, 0.3) is 0 Å². The number of amides is 1. The van der Waals surface area contributed by atoms with Crippen LogP contribution in [0.25, 0.3) is 11.0 Å². The minimum atomic E-state index is -0.818. The molecule has 3 aromatic rings. The second-order valence-corrected chi connectivity index (χ2v) is 8.69. The van der Waals surface area contributed by atoms with Crippen molar-refractivity contribution in [2.75, 3.05) is 33.3 Å². The van der Waals surface area contributed by atoms with Gasteiger partial charge in [0.1, 0.15) is 5.76 Å². The number of aromatic nitrogens is 2. The van der Waals surface area contributed by atoms with E-state index in [4.69, 9.17) is 9.15 Å². The molecule has 0 radical (unpaired) electrons. The second-order valence-electron chi connectivity index (χ2n) is 8.69. The van der Waals surface area contributed by atoms with E-state index in [1.165, 1.54) is 22.3 Å². The van der Waals surface area contributed by atoms with Crippen molar-refractivity contribution in [2.45, 2.75) is 18.9 Å². The highest BCUT2D eigenvalue weighted by atomic mass is 16.5. The molecule has 0 spiro atoms. The second kappa shape index (κ2) is 9.79. The van der Waals surface area contributed by atoms with Gasteiger partial charge in [0.05, 0.1) is 37.0 Å². The number of esters is 1. The highest BCUT2D eigenvalue weighted by Gasteiger charge is 2.28. The van der Waals surface area contributed by atoms with Crippen molar-refractivity contribution in [2.24, 2.45) is 14.1 Å². The zero-order valence-corrected chi connectivity index (χ0v) is 19.9. The van der Waals surface area contributed by atoms with Gasteiger partial charge in [-0.1, -0.05) is 6.07 Å². The summed E-state index contributed by atoms with van der Waals surface area (Å²) in [5.74, 6) is -1.64. The molecule has 0 aliphatic carbocycles. The maximum absolute atomic E-state index is 12.7. The van der Waals surface area contributed by atoms with Crippen molar-refractivity contribution in [1.82, 2.24) is 18.9 Å². The minimum absolute atomic E-state index is 0.0373. The number of imidazole rings is 1. The number of methoxy groups -OCH3 is 1. The van der Waals surface area contributed by atoms with E-state index in [2.05, 4.69) is 0 Å². The summed E-state index contributed by atoms with van der Waals surface area (Å²) < 4.78 is 13.9. The highest BCUT2D eigenvalue weighted by Crippen LogP contribution is 2.34. The van der Waals surface area contributed by atoms with Gasteiger partial charge in [0.2, 0.25) is 17.6 Å². The van der Waals surface area contributed by atoms with Gasteiger partial charge >= 0.3 is 11.7 Å². The monoisotopic (exact) mass is 484 g/mol. The van der Waals surface area contributed by atoms with Crippen LogP contribution in [0.15, 0.2) is 38.3 Å². The lowest BCUT2D eigenvalue weighted by molar-refractivity contribution is -0.141. The lowest BCUT2D eigenvalue weighted by Crippen LogP contribution is -2.45. The Labute approximate surface area is 200 Å². The molecule has 186 valence electrons. The average molecular weight is 485 g/mol. The van der Waals surface area contributed by atoms with Crippen molar-refractivity contribution < 1.29 is 23.8 Å². The average Bonchev–Trinajstić information content (AvgIpc) is 3.08. The van der Waals surface area contributed by atoms with E-state index in [-0.39, 0.29) is 17.9 Å². The van der Waals surface area contributed by atoms with Crippen LogP contribution in [0.5, 0.6) is 5.75 Å². The van der Waals surface area contributed by atoms with Gasteiger partial charge in [-0.3, -0.25) is 28.4 Å². The van der Waals surface area contributed by atoms with E-state index >= 15 is 0 Å². The van der Waals surface area contributed by atoms with Gasteiger partial charge in [-0.25, -0.2) is 4.79 Å². The van der Waals surface area contributed by atoms with Crippen LogP contribution in [-0.2, 0) is 35.0 Å². The summed E-state index contributed by atoms with van der Waals surface area (Å²) in [6, 6.07) is 6.47. The van der Waals surface area contributed by atoms with E-state index in [0.717, 1.165) is 6.41 Å². The number of rotatable bonds is 7. The summed E-state index contributed by atoms with van der Waals surface area (Å²) in [5.41, 5.74) is 1.10. The Bertz CT molecular complexity index is 1380. The molecule has 1 aliphatic heterocycles. The number of hydrogen-bond donors (Lipinski definition) is 1. The van der Waals surface area contributed by atoms with Crippen molar-refractivity contribution in [3.8, 4) is 5.75 Å². The molecule has 1 saturated heterocycles. The summed E-state index contributed by atoms with van der Waals surface area (Å²) in [6.45, 7) is 2.68. The van der Waals surface area contributed by atoms with Gasteiger partial charge in [0.15, 0.2) is 5.76 Å². The third-order valence-electron chi connectivity index (χ3n) is 6.55. The zero-order valence-electron chi connectivity index (χ0n) is 19.9. The van der Waals surface area contributed by atoms with E-state index in [9.17, 15) is 24.3 Å². The van der Waals surface area contributed by atoms with Crippen LogP contribution in [0.4, 0.5) is 0 Å². The molecule has 1 N–H and O–H groups in total. The number of piperazine rings is 1. The lowest BCUT2D eigenvalue weighted by Gasteiger charge is -2.32. The topological polar surface area (TPSA) is 127 Å². The Morgan fingerprint density at radius 1 is 1.11 bits per heavy atom. The summed E-state index contributed by atoms with van der Waals surface area (Å²) in [4.78, 5) is 52.0. The first-order valence-corrected chi connectivity index (χ1v) is 11.2. The number of carbonyl (C=O) groups excluding carboxylic acids is 2. The maximum atomic E-state index is 12.7. The van der Waals surface area contributed by atoms with Crippen LogP contribution >= 0.6 is 0 Å². The zero-order chi connectivity index (χ0) is 25.3. The van der Waals surface area contributed by atoms with Gasteiger partial charge < -0.3 is 19.2 Å². The molecule has 1 amide bonds. The number of aromatic hydroxyl groups is 1. The Hall–Kier alpha value is -3.86. The molecule has 1 fully saturated rings. The predicted molar refractivity (Wildman–Crippen MR) is 126 cm³/mol. The van der Waals surface area contributed by atoms with Crippen LogP contribution in [-0.4, -0.2) is 69.7 Å². The molecular weight excluding hydrogens is 456 g/mol. The third kappa shape index (κ3) is 4.72. The summed E-state index contributed by atoms with van der Waals surface area (Å²) >= 11 is 0. The molecule has 1 aromatic carbocycles. The summed E-state index contributed by atoms with van der Waals surface area (Å²) in [7, 11) is 4.57. The first-order valence-electron chi connectivity index (χ1n) is 11.2. The predicted octanol–water partition coefficient (Wildman–Crippen LogP) is 0.505. The quantitative estimate of drug-likeness (QED) is 0.380. The Morgan fingerprint density at radius 3 is 2.46 bits per heavy atom. The third-order valence-corrected chi connectivity index (χ3v) is 6.55. The van der Waals surface area contributed by atoms with Crippen molar-refractivity contribution in [1.29, 1.82) is 0 Å². The maximum Gasteiger partial charge on any atom is 0.328 e. The van der Waals surface area contributed by atoms with Crippen LogP contribution in [0.3, 0.4) is 0 Å². The number of fused-ring (bicyclic) bond motifs is 1. The van der Waals surface area contributed by atoms with Crippen molar-refractivity contribution in [3.05, 3.63) is 62.1 Å². The normalized spacial score (nSPS) is 15.3. The molecule has 0 saturated carbocycles. The lowest BCUT2D eigenvalue weighted by atomic mass is 9.91. The van der Waals surface area contributed by atoms with E-state index in [1.54, 1.807) is 37.2 Å². The summed E-state index contributed by atoms with van der Waals surface area (Å²) in [5, 5.41) is 10.7.